The lowest BCUT2D eigenvalue weighted by atomic mass is 10.0. The molecule has 3 amide bonds. The van der Waals surface area contributed by atoms with Crippen molar-refractivity contribution in [2.75, 3.05) is 22.9 Å². The van der Waals surface area contributed by atoms with Crippen LogP contribution < -0.4 is 16.0 Å². The lowest BCUT2D eigenvalue weighted by molar-refractivity contribution is -0.150. The number of carboxylic acids is 1. The van der Waals surface area contributed by atoms with Gasteiger partial charge in [0.05, 0.1) is 0 Å². The second kappa shape index (κ2) is 11.3. The molecule has 4 N–H and O–H groups in total. The van der Waals surface area contributed by atoms with Gasteiger partial charge in [0.2, 0.25) is 0 Å². The third-order valence-corrected chi connectivity index (χ3v) is 9.96. The van der Waals surface area contributed by atoms with Gasteiger partial charge in [-0.05, 0) is 43.8 Å². The third kappa shape index (κ3) is 5.22. The normalized spacial score (nSPS) is 24.2. The van der Waals surface area contributed by atoms with Crippen LogP contribution in [0.5, 0.6) is 0 Å². The maximum Gasteiger partial charge on any atom is 0.352 e. The van der Waals surface area contributed by atoms with Crippen molar-refractivity contribution in [3.05, 3.63) is 45.6 Å². The number of oxime groups is 1. The topological polar surface area (TPSA) is 180 Å². The molecule has 0 bridgehead atoms. The first kappa shape index (κ1) is 27.4. The summed E-state index contributed by atoms with van der Waals surface area (Å²) in [6.45, 7) is 0.444. The van der Waals surface area contributed by atoms with Gasteiger partial charge in [-0.2, -0.15) is 0 Å². The van der Waals surface area contributed by atoms with Gasteiger partial charge in [0, 0.05) is 34.8 Å². The maximum absolute atomic E-state index is 13.3. The zero-order chi connectivity index (χ0) is 28.7. The van der Waals surface area contributed by atoms with Gasteiger partial charge in [0.15, 0.2) is 16.0 Å². The van der Waals surface area contributed by atoms with Crippen LogP contribution in [0.15, 0.2) is 45.0 Å². The number of fused-ring (bicyclic) bond motifs is 1. The number of nitrogens with zero attached hydrogens (tertiary/aromatic N) is 5. The lowest BCUT2D eigenvalue weighted by Gasteiger charge is -2.49. The number of β-lactam (4-membered cyclic amide) rings is 1. The van der Waals surface area contributed by atoms with Gasteiger partial charge in [-0.1, -0.05) is 5.16 Å². The largest absolute Gasteiger partial charge is 0.477 e. The number of rotatable bonds is 8. The number of hydrogen-bond donors (Lipinski definition) is 3. The number of carboxylic acid groups (broad SMARTS) is 1. The molecule has 3 fully saturated rings. The first-order chi connectivity index (χ1) is 19.8. The van der Waals surface area contributed by atoms with Gasteiger partial charge in [-0.15, -0.1) is 34.4 Å². The fourth-order valence-electron chi connectivity index (χ4n) is 5.18. The van der Waals surface area contributed by atoms with E-state index in [0.717, 1.165) is 37.0 Å². The van der Waals surface area contributed by atoms with Crippen molar-refractivity contribution in [1.29, 1.82) is 0 Å². The molecule has 5 heterocycles. The van der Waals surface area contributed by atoms with E-state index in [1.807, 2.05) is 0 Å². The number of thioether (sulfide) groups is 1. The summed E-state index contributed by atoms with van der Waals surface area (Å²) in [6, 6.07) is -0.975. The van der Waals surface area contributed by atoms with E-state index in [-0.39, 0.29) is 40.0 Å². The molecule has 13 nitrogen and oxygen atoms in total. The van der Waals surface area contributed by atoms with E-state index in [1.165, 1.54) is 28.0 Å². The average molecular weight is 616 g/mol. The maximum atomic E-state index is 13.3. The Balaban J connectivity index is 1.20. The number of carbonyl (C=O) groups excluding carboxylic acids is 3. The minimum Gasteiger partial charge on any atom is -0.477 e. The molecule has 6 rings (SSSR count). The molecule has 0 unspecified atom stereocenters. The predicted molar refractivity (Wildman–Crippen MR) is 153 cm³/mol. The third-order valence-electron chi connectivity index (χ3n) is 7.19. The minimum atomic E-state index is -1.28. The van der Waals surface area contributed by atoms with Crippen molar-refractivity contribution >= 4 is 74.1 Å². The molecule has 3 aliphatic heterocycles. The molecule has 0 spiro atoms. The highest BCUT2D eigenvalue weighted by atomic mass is 32.2. The van der Waals surface area contributed by atoms with E-state index in [0.29, 0.717) is 29.2 Å². The van der Waals surface area contributed by atoms with E-state index in [2.05, 4.69) is 20.4 Å². The number of anilines is 2. The van der Waals surface area contributed by atoms with Crippen molar-refractivity contribution < 1.29 is 29.1 Å². The molecule has 0 radical (unpaired) electrons. The Labute approximate surface area is 246 Å². The van der Waals surface area contributed by atoms with E-state index in [1.54, 1.807) is 27.9 Å². The molecule has 16 heteroatoms. The molecule has 41 heavy (non-hydrogen) atoms. The molecule has 2 aromatic heterocycles. The second-order valence-electron chi connectivity index (χ2n) is 9.75. The van der Waals surface area contributed by atoms with Crippen LogP contribution in [-0.2, 0) is 24.0 Å². The first-order valence-corrected chi connectivity index (χ1v) is 15.7. The summed E-state index contributed by atoms with van der Waals surface area (Å²) in [5.74, 6) is -2.52. The SMILES string of the molecule is Nc1nc(C(=NOC2CCCC2)C(=O)N[C@@H]2C(=O)N3C(C(=O)O)=C(C=C4CCN(c5nccs5)C4=O)CS[C@H]23)cs1. The summed E-state index contributed by atoms with van der Waals surface area (Å²) in [6.07, 6.45) is 7.24. The Hall–Kier alpha value is -3.76. The monoisotopic (exact) mass is 615 g/mol. The van der Waals surface area contributed by atoms with Crippen molar-refractivity contribution in [3.8, 4) is 0 Å². The number of nitrogens with one attached hydrogen (secondary N) is 1. The number of carbonyl (C=O) groups is 4. The molecular formula is C25H25N7O6S3. The van der Waals surface area contributed by atoms with Crippen LogP contribution in [0.3, 0.4) is 0 Å². The lowest BCUT2D eigenvalue weighted by Crippen LogP contribution is -2.71. The number of amides is 3. The summed E-state index contributed by atoms with van der Waals surface area (Å²) in [5.41, 5.74) is 6.53. The zero-order valence-corrected chi connectivity index (χ0v) is 24.0. The van der Waals surface area contributed by atoms with Gasteiger partial charge >= 0.3 is 5.97 Å². The van der Waals surface area contributed by atoms with Crippen LogP contribution in [0.2, 0.25) is 0 Å². The number of thiazole rings is 2. The van der Waals surface area contributed by atoms with Gasteiger partial charge in [0.1, 0.15) is 28.9 Å². The van der Waals surface area contributed by atoms with Gasteiger partial charge in [-0.25, -0.2) is 14.8 Å². The molecule has 1 aliphatic carbocycles. The highest BCUT2D eigenvalue weighted by Gasteiger charge is 2.54. The first-order valence-electron chi connectivity index (χ1n) is 12.9. The molecular weight excluding hydrogens is 591 g/mol. The van der Waals surface area contributed by atoms with Gasteiger partial charge in [-0.3, -0.25) is 24.2 Å². The number of nitrogens with two attached hydrogens (primary N) is 1. The van der Waals surface area contributed by atoms with E-state index < -0.39 is 29.2 Å². The Morgan fingerprint density at radius 1 is 1.24 bits per heavy atom. The van der Waals surface area contributed by atoms with E-state index in [4.69, 9.17) is 10.6 Å². The number of nitrogen functional groups attached to an aromatic ring is 1. The van der Waals surface area contributed by atoms with Gasteiger partial charge < -0.3 is 21.0 Å². The molecule has 2 aromatic rings. The molecule has 1 saturated carbocycles. The predicted octanol–water partition coefficient (Wildman–Crippen LogP) is 1.95. The van der Waals surface area contributed by atoms with Crippen LogP contribution in [0.4, 0.5) is 10.3 Å². The van der Waals surface area contributed by atoms with Gasteiger partial charge in [0.25, 0.3) is 17.7 Å². The highest BCUT2D eigenvalue weighted by molar-refractivity contribution is 8.00. The van der Waals surface area contributed by atoms with Crippen LogP contribution in [0.1, 0.15) is 37.8 Å². The number of allylic oxidation sites excluding steroid dienone is 1. The van der Waals surface area contributed by atoms with Crippen LogP contribution in [-0.4, -0.2) is 79.2 Å². The quantitative estimate of drug-likeness (QED) is 0.172. The fourth-order valence-corrected chi connectivity index (χ4v) is 7.70. The molecule has 2 atom stereocenters. The molecule has 4 aliphatic rings. The summed E-state index contributed by atoms with van der Waals surface area (Å²) in [7, 11) is 0. The Morgan fingerprint density at radius 3 is 2.73 bits per heavy atom. The number of aromatic nitrogens is 2. The van der Waals surface area contributed by atoms with Crippen molar-refractivity contribution in [2.24, 2.45) is 5.16 Å². The summed E-state index contributed by atoms with van der Waals surface area (Å²) < 4.78 is 0. The smallest absolute Gasteiger partial charge is 0.352 e. The number of aliphatic carboxylic acids is 1. The summed E-state index contributed by atoms with van der Waals surface area (Å²) >= 11 is 3.80. The van der Waals surface area contributed by atoms with E-state index >= 15 is 0 Å². The molecule has 214 valence electrons. The van der Waals surface area contributed by atoms with Crippen LogP contribution >= 0.6 is 34.4 Å². The number of hydrogen-bond acceptors (Lipinski definition) is 12. The van der Waals surface area contributed by atoms with Crippen molar-refractivity contribution in [1.82, 2.24) is 20.2 Å². The summed E-state index contributed by atoms with van der Waals surface area (Å²) in [4.78, 5) is 68.4. The second-order valence-corrected chi connectivity index (χ2v) is 12.6. The standard InChI is InChI=1S/C25H25N7O6S3/c26-24-28-15(11-41-24)16(30-38-14-3-1-2-4-14)19(33)29-17-21(35)32-18(23(36)37)13(10-40-22(17)32)9-12-5-7-31(20(12)34)25-27-6-8-39-25/h6,8-9,11,14,17,22H,1-5,7,10H2,(H2,26,28)(H,29,33)(H,36,37)/t17-,22-/m1/s1. The Bertz CT molecular complexity index is 1490. The summed E-state index contributed by atoms with van der Waals surface area (Å²) in [5, 5.41) is 20.4. The molecule has 0 aromatic carbocycles. The zero-order valence-electron chi connectivity index (χ0n) is 21.5. The van der Waals surface area contributed by atoms with E-state index in [9.17, 15) is 24.3 Å². The minimum absolute atomic E-state index is 0.0964. The Morgan fingerprint density at radius 2 is 2.05 bits per heavy atom. The molecule has 2 saturated heterocycles. The van der Waals surface area contributed by atoms with Crippen LogP contribution in [0, 0.1) is 0 Å². The average Bonchev–Trinajstić information content (AvgIpc) is 3.77. The van der Waals surface area contributed by atoms with Crippen molar-refractivity contribution in [3.63, 3.8) is 0 Å². The highest BCUT2D eigenvalue weighted by Crippen LogP contribution is 2.41. The Kier molecular flexibility index (Phi) is 7.52. The van der Waals surface area contributed by atoms with Crippen LogP contribution in [0.25, 0.3) is 0 Å². The fraction of sp³-hybridized carbons (Fsp3) is 0.400. The van der Waals surface area contributed by atoms with Crippen molar-refractivity contribution in [2.45, 2.75) is 49.6 Å².